The molecule has 2 aromatic carbocycles. The Morgan fingerprint density at radius 1 is 1.11 bits per heavy atom. The van der Waals surface area contributed by atoms with Crippen LogP contribution < -0.4 is 10.5 Å². The van der Waals surface area contributed by atoms with Crippen LogP contribution in [0.25, 0.3) is 0 Å². The molecule has 3 heteroatoms. The lowest BCUT2D eigenvalue weighted by atomic mass is 9.98. The van der Waals surface area contributed by atoms with Gasteiger partial charge < -0.3 is 10.5 Å². The van der Waals surface area contributed by atoms with Crippen molar-refractivity contribution in [3.05, 3.63) is 58.7 Å². The Kier molecular flexibility index (Phi) is 3.56. The molecule has 3 nitrogen and oxygen atoms in total. The van der Waals surface area contributed by atoms with Crippen LogP contribution in [-0.2, 0) is 0 Å². The maximum absolute atomic E-state index is 12.5. The lowest BCUT2D eigenvalue weighted by Crippen LogP contribution is -2.07. The fraction of sp³-hybridized carbons (Fsp3) is 0.188. The third kappa shape index (κ3) is 2.60. The van der Waals surface area contributed by atoms with Gasteiger partial charge in [0.15, 0.2) is 5.78 Å². The first kappa shape index (κ1) is 13.1. The molecule has 0 amide bonds. The number of rotatable bonds is 3. The lowest BCUT2D eigenvalue weighted by Gasteiger charge is -2.10. The highest BCUT2D eigenvalue weighted by Crippen LogP contribution is 2.27. The number of benzene rings is 2. The van der Waals surface area contributed by atoms with E-state index in [-0.39, 0.29) is 5.78 Å². The molecular weight excluding hydrogens is 238 g/mol. The van der Waals surface area contributed by atoms with Gasteiger partial charge in [0.25, 0.3) is 0 Å². The van der Waals surface area contributed by atoms with E-state index >= 15 is 0 Å². The van der Waals surface area contributed by atoms with Gasteiger partial charge in [0.2, 0.25) is 0 Å². The SMILES string of the molecule is COc1cccc(C(=O)c2cc(C)cc(C)c2)c1N. The van der Waals surface area contributed by atoms with E-state index in [1.165, 1.54) is 7.11 Å². The summed E-state index contributed by atoms with van der Waals surface area (Å²) in [5.41, 5.74) is 9.59. The Labute approximate surface area is 113 Å². The number of nitrogen functional groups attached to an aromatic ring is 1. The number of carbonyl (C=O) groups excluding carboxylic acids is 1. The first-order valence-corrected chi connectivity index (χ1v) is 6.08. The second-order valence-electron chi connectivity index (χ2n) is 4.63. The molecule has 2 rings (SSSR count). The monoisotopic (exact) mass is 255 g/mol. The number of aryl methyl sites for hydroxylation is 2. The van der Waals surface area contributed by atoms with Gasteiger partial charge in [0.05, 0.1) is 12.8 Å². The molecule has 0 atom stereocenters. The molecule has 98 valence electrons. The average molecular weight is 255 g/mol. The van der Waals surface area contributed by atoms with E-state index in [1.54, 1.807) is 18.2 Å². The highest BCUT2D eigenvalue weighted by atomic mass is 16.5. The summed E-state index contributed by atoms with van der Waals surface area (Å²) in [4.78, 5) is 12.5. The molecule has 0 aliphatic heterocycles. The smallest absolute Gasteiger partial charge is 0.195 e. The summed E-state index contributed by atoms with van der Waals surface area (Å²) in [5, 5.41) is 0. The van der Waals surface area contributed by atoms with Crippen LogP contribution in [0.1, 0.15) is 27.0 Å². The molecule has 0 aromatic heterocycles. The highest BCUT2D eigenvalue weighted by molar-refractivity contribution is 6.12. The minimum absolute atomic E-state index is 0.0804. The first-order chi connectivity index (χ1) is 9.02. The molecule has 0 spiro atoms. The molecule has 0 saturated heterocycles. The highest BCUT2D eigenvalue weighted by Gasteiger charge is 2.15. The Bertz CT molecular complexity index is 612. The van der Waals surface area contributed by atoms with Gasteiger partial charge in [0.1, 0.15) is 5.75 Å². The van der Waals surface area contributed by atoms with Crippen molar-refractivity contribution in [3.8, 4) is 5.75 Å². The van der Waals surface area contributed by atoms with Gasteiger partial charge in [-0.25, -0.2) is 0 Å². The van der Waals surface area contributed by atoms with Crippen LogP contribution in [0.2, 0.25) is 0 Å². The molecular formula is C16H17NO2. The van der Waals surface area contributed by atoms with Crippen LogP contribution in [0.4, 0.5) is 5.69 Å². The Hall–Kier alpha value is -2.29. The minimum atomic E-state index is -0.0804. The zero-order valence-electron chi connectivity index (χ0n) is 11.4. The van der Waals surface area contributed by atoms with Crippen LogP contribution in [-0.4, -0.2) is 12.9 Å². The van der Waals surface area contributed by atoms with Gasteiger partial charge >= 0.3 is 0 Å². The first-order valence-electron chi connectivity index (χ1n) is 6.08. The Morgan fingerprint density at radius 2 is 1.74 bits per heavy atom. The fourth-order valence-corrected chi connectivity index (χ4v) is 2.18. The standard InChI is InChI=1S/C16H17NO2/c1-10-7-11(2)9-12(8-10)16(18)13-5-4-6-14(19-3)15(13)17/h4-9H,17H2,1-3H3. The van der Waals surface area contributed by atoms with Crippen LogP contribution >= 0.6 is 0 Å². The predicted molar refractivity (Wildman–Crippen MR) is 76.8 cm³/mol. The molecule has 0 fully saturated rings. The number of hydrogen-bond acceptors (Lipinski definition) is 3. The molecule has 19 heavy (non-hydrogen) atoms. The largest absolute Gasteiger partial charge is 0.495 e. The zero-order valence-corrected chi connectivity index (χ0v) is 11.4. The molecule has 0 bridgehead atoms. The van der Waals surface area contributed by atoms with Crippen molar-refractivity contribution in [2.75, 3.05) is 12.8 Å². The predicted octanol–water partition coefficient (Wildman–Crippen LogP) is 3.13. The number of ketones is 1. The number of carbonyl (C=O) groups is 1. The summed E-state index contributed by atoms with van der Waals surface area (Å²) in [7, 11) is 1.54. The molecule has 0 aliphatic carbocycles. The summed E-state index contributed by atoms with van der Waals surface area (Å²) in [6.07, 6.45) is 0. The van der Waals surface area contributed by atoms with E-state index in [1.807, 2.05) is 32.0 Å². The molecule has 0 aliphatic rings. The summed E-state index contributed by atoms with van der Waals surface area (Å²) in [5.74, 6) is 0.443. The quantitative estimate of drug-likeness (QED) is 0.677. The maximum Gasteiger partial charge on any atom is 0.195 e. The van der Waals surface area contributed by atoms with Crippen LogP contribution in [0, 0.1) is 13.8 Å². The molecule has 0 radical (unpaired) electrons. The van der Waals surface area contributed by atoms with Gasteiger partial charge in [-0.2, -0.15) is 0 Å². The normalized spacial score (nSPS) is 10.3. The van der Waals surface area contributed by atoms with E-state index in [9.17, 15) is 4.79 Å². The van der Waals surface area contributed by atoms with Gasteiger partial charge in [-0.3, -0.25) is 4.79 Å². The van der Waals surface area contributed by atoms with Gasteiger partial charge in [-0.05, 0) is 38.1 Å². The number of para-hydroxylation sites is 1. The third-order valence-corrected chi connectivity index (χ3v) is 3.01. The van der Waals surface area contributed by atoms with Crippen molar-refractivity contribution in [3.63, 3.8) is 0 Å². The minimum Gasteiger partial charge on any atom is -0.495 e. The van der Waals surface area contributed by atoms with Gasteiger partial charge in [-0.15, -0.1) is 0 Å². The number of hydrogen-bond donors (Lipinski definition) is 1. The summed E-state index contributed by atoms with van der Waals surface area (Å²) >= 11 is 0. The van der Waals surface area contributed by atoms with Gasteiger partial charge in [-0.1, -0.05) is 23.3 Å². The molecule has 0 unspecified atom stereocenters. The number of nitrogens with two attached hydrogens (primary N) is 1. The second-order valence-corrected chi connectivity index (χ2v) is 4.63. The lowest BCUT2D eigenvalue weighted by molar-refractivity contribution is 0.103. The molecule has 0 saturated carbocycles. The summed E-state index contributed by atoms with van der Waals surface area (Å²) < 4.78 is 5.14. The van der Waals surface area contributed by atoms with E-state index in [0.717, 1.165) is 11.1 Å². The average Bonchev–Trinajstić information content (AvgIpc) is 2.37. The Morgan fingerprint density at radius 3 is 2.32 bits per heavy atom. The van der Waals surface area contributed by atoms with Gasteiger partial charge in [0, 0.05) is 11.1 Å². The summed E-state index contributed by atoms with van der Waals surface area (Å²) in [6.45, 7) is 3.94. The van der Waals surface area contributed by atoms with Crippen molar-refractivity contribution >= 4 is 11.5 Å². The van der Waals surface area contributed by atoms with Crippen molar-refractivity contribution in [2.45, 2.75) is 13.8 Å². The van der Waals surface area contributed by atoms with E-state index in [0.29, 0.717) is 22.6 Å². The zero-order chi connectivity index (χ0) is 14.0. The summed E-state index contributed by atoms with van der Waals surface area (Å²) in [6, 6.07) is 11.0. The molecule has 2 aromatic rings. The molecule has 2 N–H and O–H groups in total. The number of ether oxygens (including phenoxy) is 1. The van der Waals surface area contributed by atoms with Crippen molar-refractivity contribution in [2.24, 2.45) is 0 Å². The topological polar surface area (TPSA) is 52.3 Å². The van der Waals surface area contributed by atoms with Crippen LogP contribution in [0.3, 0.4) is 0 Å². The Balaban J connectivity index is 2.50. The van der Waals surface area contributed by atoms with Crippen molar-refractivity contribution < 1.29 is 9.53 Å². The van der Waals surface area contributed by atoms with Crippen molar-refractivity contribution in [1.82, 2.24) is 0 Å². The fourth-order valence-electron chi connectivity index (χ4n) is 2.18. The van der Waals surface area contributed by atoms with Crippen molar-refractivity contribution in [1.29, 1.82) is 0 Å². The van der Waals surface area contributed by atoms with E-state index in [4.69, 9.17) is 10.5 Å². The van der Waals surface area contributed by atoms with E-state index in [2.05, 4.69) is 0 Å². The van der Waals surface area contributed by atoms with Crippen LogP contribution in [0.15, 0.2) is 36.4 Å². The second kappa shape index (κ2) is 5.14. The number of methoxy groups -OCH3 is 1. The molecule has 0 heterocycles. The van der Waals surface area contributed by atoms with E-state index < -0.39 is 0 Å². The number of anilines is 1. The van der Waals surface area contributed by atoms with Crippen LogP contribution in [0.5, 0.6) is 5.75 Å². The third-order valence-electron chi connectivity index (χ3n) is 3.01. The maximum atomic E-state index is 12.5.